The third kappa shape index (κ3) is 7.01. The molecule has 1 saturated heterocycles. The van der Waals surface area contributed by atoms with E-state index in [9.17, 15) is 4.79 Å². The average Bonchev–Trinajstić information content (AvgIpc) is 2.64. The van der Waals surface area contributed by atoms with Gasteiger partial charge in [0.1, 0.15) is 5.75 Å². The van der Waals surface area contributed by atoms with Gasteiger partial charge in [0.05, 0.1) is 7.11 Å². The zero-order valence-corrected chi connectivity index (χ0v) is 18.3. The van der Waals surface area contributed by atoms with Crippen LogP contribution in [-0.4, -0.2) is 50.6 Å². The Kier molecular flexibility index (Phi) is 10.4. The molecule has 0 aromatic heterocycles. The average molecular weight is 474 g/mol. The molecule has 1 unspecified atom stereocenters. The van der Waals surface area contributed by atoms with Gasteiger partial charge in [-0.05, 0) is 24.8 Å². The van der Waals surface area contributed by atoms with E-state index < -0.39 is 0 Å². The van der Waals surface area contributed by atoms with Gasteiger partial charge in [-0.25, -0.2) is 0 Å². The minimum atomic E-state index is 0. The number of piperidine rings is 1. The second kappa shape index (κ2) is 12.0. The third-order valence-electron chi connectivity index (χ3n) is 4.50. The van der Waals surface area contributed by atoms with Crippen LogP contribution in [0.5, 0.6) is 5.75 Å². The van der Waals surface area contributed by atoms with E-state index in [2.05, 4.69) is 22.5 Å². The van der Waals surface area contributed by atoms with E-state index in [0.717, 1.165) is 30.8 Å². The first kappa shape index (κ1) is 22.5. The monoisotopic (exact) mass is 474 g/mol. The normalized spacial score (nSPS) is 17.3. The summed E-state index contributed by atoms with van der Waals surface area (Å²) >= 11 is 0. The number of ether oxygens (including phenoxy) is 1. The van der Waals surface area contributed by atoms with Crippen LogP contribution in [-0.2, 0) is 11.3 Å². The predicted molar refractivity (Wildman–Crippen MR) is 116 cm³/mol. The fourth-order valence-electron chi connectivity index (χ4n) is 3.11. The van der Waals surface area contributed by atoms with E-state index in [1.54, 1.807) is 14.2 Å². The number of para-hydroxylation sites is 1. The molecule has 2 N–H and O–H groups in total. The molecule has 0 radical (unpaired) electrons. The first-order chi connectivity index (χ1) is 12.1. The number of aliphatic imine (C=N–C) groups is 1. The van der Waals surface area contributed by atoms with Crippen LogP contribution >= 0.6 is 24.0 Å². The van der Waals surface area contributed by atoms with Crippen molar-refractivity contribution in [3.63, 3.8) is 0 Å². The molecule has 1 fully saturated rings. The fraction of sp³-hybridized carbons (Fsp3) is 0.579. The minimum absolute atomic E-state index is 0. The molecule has 7 heteroatoms. The third-order valence-corrected chi connectivity index (χ3v) is 4.50. The Morgan fingerprint density at radius 1 is 1.35 bits per heavy atom. The number of amides is 1. The second-order valence-electron chi connectivity index (χ2n) is 6.50. The van der Waals surface area contributed by atoms with E-state index in [-0.39, 0.29) is 29.9 Å². The molecule has 1 heterocycles. The Hall–Kier alpha value is -1.51. The number of benzene rings is 1. The topological polar surface area (TPSA) is 66.0 Å². The molecule has 0 spiro atoms. The number of hydrogen-bond acceptors (Lipinski definition) is 3. The lowest BCUT2D eigenvalue weighted by molar-refractivity contribution is -0.132. The molecule has 1 aliphatic rings. The van der Waals surface area contributed by atoms with Crippen molar-refractivity contribution in [3.8, 4) is 5.75 Å². The molecule has 1 amide bonds. The van der Waals surface area contributed by atoms with Gasteiger partial charge in [0.2, 0.25) is 5.91 Å². The molecule has 146 valence electrons. The second-order valence-corrected chi connectivity index (χ2v) is 6.50. The highest BCUT2D eigenvalue weighted by Gasteiger charge is 2.20. The summed E-state index contributed by atoms with van der Waals surface area (Å²) in [5.74, 6) is 2.37. The molecule has 1 aromatic rings. The minimum Gasteiger partial charge on any atom is -0.496 e. The number of guanidine groups is 1. The number of carbonyl (C=O) groups is 1. The summed E-state index contributed by atoms with van der Waals surface area (Å²) in [6.07, 6.45) is 2.83. The van der Waals surface area contributed by atoms with Crippen LogP contribution in [0, 0.1) is 5.92 Å². The summed E-state index contributed by atoms with van der Waals surface area (Å²) in [6.45, 7) is 5.18. The Balaban J connectivity index is 0.00000338. The highest BCUT2D eigenvalue weighted by molar-refractivity contribution is 14.0. The summed E-state index contributed by atoms with van der Waals surface area (Å²) < 4.78 is 5.35. The molecule has 2 rings (SSSR count). The molecule has 26 heavy (non-hydrogen) atoms. The molecule has 1 atom stereocenters. The Labute approximate surface area is 173 Å². The van der Waals surface area contributed by atoms with Gasteiger partial charge in [-0.1, -0.05) is 25.1 Å². The zero-order chi connectivity index (χ0) is 18.1. The Morgan fingerprint density at radius 3 is 2.81 bits per heavy atom. The van der Waals surface area contributed by atoms with Crippen LogP contribution in [0.1, 0.15) is 31.7 Å². The number of rotatable bonds is 6. The molecule has 0 saturated carbocycles. The van der Waals surface area contributed by atoms with Crippen LogP contribution in [0.4, 0.5) is 0 Å². The standard InChI is InChI=1S/C19H30N4O2.HI/c1-15-7-6-12-23(14-15)18(24)10-11-21-19(20-2)22-13-16-8-4-5-9-17(16)25-3;/h4-5,8-9,15H,6-7,10-14H2,1-3H3,(H2,20,21,22);1H. The molecule has 1 aromatic carbocycles. The number of halogens is 1. The summed E-state index contributed by atoms with van der Waals surface area (Å²) in [5, 5.41) is 6.46. The lowest BCUT2D eigenvalue weighted by Crippen LogP contribution is -2.42. The van der Waals surface area contributed by atoms with E-state index in [1.165, 1.54) is 6.42 Å². The quantitative estimate of drug-likeness (QED) is 0.378. The molecule has 0 aliphatic carbocycles. The van der Waals surface area contributed by atoms with E-state index >= 15 is 0 Å². The van der Waals surface area contributed by atoms with Crippen molar-refractivity contribution in [3.05, 3.63) is 29.8 Å². The summed E-state index contributed by atoms with van der Waals surface area (Å²) in [7, 11) is 3.39. The number of likely N-dealkylation sites (tertiary alicyclic amines) is 1. The smallest absolute Gasteiger partial charge is 0.224 e. The van der Waals surface area contributed by atoms with E-state index in [4.69, 9.17) is 4.74 Å². The zero-order valence-electron chi connectivity index (χ0n) is 16.0. The van der Waals surface area contributed by atoms with Crippen molar-refractivity contribution >= 4 is 35.8 Å². The predicted octanol–water partition coefficient (Wildman–Crippen LogP) is 2.63. The van der Waals surface area contributed by atoms with Gasteiger partial charge in [-0.2, -0.15) is 0 Å². The fourth-order valence-corrected chi connectivity index (χ4v) is 3.11. The van der Waals surface area contributed by atoms with Gasteiger partial charge in [-0.3, -0.25) is 9.79 Å². The highest BCUT2D eigenvalue weighted by Crippen LogP contribution is 2.17. The van der Waals surface area contributed by atoms with Gasteiger partial charge in [0.15, 0.2) is 5.96 Å². The molecule has 6 nitrogen and oxygen atoms in total. The largest absolute Gasteiger partial charge is 0.496 e. The van der Waals surface area contributed by atoms with Gasteiger partial charge in [-0.15, -0.1) is 24.0 Å². The van der Waals surface area contributed by atoms with Gasteiger partial charge in [0, 0.05) is 45.2 Å². The molecule has 1 aliphatic heterocycles. The first-order valence-electron chi connectivity index (χ1n) is 8.98. The van der Waals surface area contributed by atoms with Crippen molar-refractivity contribution in [1.29, 1.82) is 0 Å². The van der Waals surface area contributed by atoms with Crippen LogP contribution in [0.25, 0.3) is 0 Å². The van der Waals surface area contributed by atoms with Crippen LogP contribution in [0.3, 0.4) is 0 Å². The Bertz CT molecular complexity index is 595. The van der Waals surface area contributed by atoms with Crippen molar-refractivity contribution in [2.75, 3.05) is 33.8 Å². The van der Waals surface area contributed by atoms with Gasteiger partial charge >= 0.3 is 0 Å². The maximum Gasteiger partial charge on any atom is 0.224 e. The van der Waals surface area contributed by atoms with Crippen LogP contribution in [0.2, 0.25) is 0 Å². The first-order valence-corrected chi connectivity index (χ1v) is 8.98. The van der Waals surface area contributed by atoms with Crippen molar-refractivity contribution in [2.45, 2.75) is 32.7 Å². The highest BCUT2D eigenvalue weighted by atomic mass is 127. The molecular formula is C19H31IN4O2. The molecular weight excluding hydrogens is 443 g/mol. The number of carbonyl (C=O) groups excluding carboxylic acids is 1. The van der Waals surface area contributed by atoms with Gasteiger partial charge in [0.25, 0.3) is 0 Å². The number of methoxy groups -OCH3 is 1. The summed E-state index contributed by atoms with van der Waals surface area (Å²) in [6, 6.07) is 7.88. The Morgan fingerprint density at radius 2 is 2.12 bits per heavy atom. The lowest BCUT2D eigenvalue weighted by Gasteiger charge is -2.31. The SMILES string of the molecule is CN=C(NCCC(=O)N1CCCC(C)C1)NCc1ccccc1OC.I. The number of nitrogens with zero attached hydrogens (tertiary/aromatic N) is 2. The van der Waals surface area contributed by atoms with Crippen molar-refractivity contribution in [1.82, 2.24) is 15.5 Å². The molecule has 0 bridgehead atoms. The maximum absolute atomic E-state index is 12.3. The van der Waals surface area contributed by atoms with Gasteiger partial charge < -0.3 is 20.3 Å². The summed E-state index contributed by atoms with van der Waals surface area (Å²) in [5.41, 5.74) is 1.06. The van der Waals surface area contributed by atoms with Crippen molar-refractivity contribution in [2.24, 2.45) is 10.9 Å². The van der Waals surface area contributed by atoms with E-state index in [1.807, 2.05) is 29.2 Å². The lowest BCUT2D eigenvalue weighted by atomic mass is 10.00. The van der Waals surface area contributed by atoms with Crippen LogP contribution in [0.15, 0.2) is 29.3 Å². The van der Waals surface area contributed by atoms with E-state index in [0.29, 0.717) is 31.4 Å². The maximum atomic E-state index is 12.3. The number of nitrogens with one attached hydrogen (secondary N) is 2. The van der Waals surface area contributed by atoms with Crippen molar-refractivity contribution < 1.29 is 9.53 Å². The van der Waals surface area contributed by atoms with Crippen LogP contribution < -0.4 is 15.4 Å². The summed E-state index contributed by atoms with van der Waals surface area (Å²) in [4.78, 5) is 18.5. The number of hydrogen-bond donors (Lipinski definition) is 2.